The number of rotatable bonds is 5. The Balaban J connectivity index is 1.55. The number of nitrogens with zero attached hydrogens (tertiary/aromatic N) is 5. The Hall–Kier alpha value is -3.48. The van der Waals surface area contributed by atoms with Crippen LogP contribution in [0, 0.1) is 0 Å². The maximum atomic E-state index is 13.2. The Bertz CT molecular complexity index is 1580. The van der Waals surface area contributed by atoms with Crippen molar-refractivity contribution < 1.29 is 17.9 Å². The molecule has 0 atom stereocenters. The number of hydrogen-bond donors (Lipinski definition) is 2. The fraction of sp³-hybridized carbons (Fsp3) is 0.484. The van der Waals surface area contributed by atoms with Gasteiger partial charge in [0.2, 0.25) is 16.0 Å². The van der Waals surface area contributed by atoms with Gasteiger partial charge in [-0.15, -0.1) is 0 Å². The molecule has 0 amide bonds. The molecule has 0 aliphatic carbocycles. The summed E-state index contributed by atoms with van der Waals surface area (Å²) in [6.45, 7) is 7.76. The predicted molar refractivity (Wildman–Crippen MR) is 178 cm³/mol. The molecule has 0 saturated carbocycles. The second kappa shape index (κ2) is 13.7. The summed E-state index contributed by atoms with van der Waals surface area (Å²) in [6, 6.07) is 9.57. The average molecular weight is 644 g/mol. The van der Waals surface area contributed by atoms with E-state index in [0.29, 0.717) is 41.2 Å². The fourth-order valence-electron chi connectivity index (χ4n) is 5.39. The number of aromatic nitrogens is 2. The maximum Gasteiger partial charge on any atom is 0.237 e. The van der Waals surface area contributed by atoms with Crippen LogP contribution in [0.15, 0.2) is 36.5 Å². The number of nitrogens with one attached hydrogen (secondary N) is 2. The summed E-state index contributed by atoms with van der Waals surface area (Å²) in [7, 11) is 1.73. The number of ether oxygens (including phenoxy) is 2. The summed E-state index contributed by atoms with van der Waals surface area (Å²) in [5.41, 5.74) is 4.12. The number of hydrogen-bond acceptors (Lipinski definition) is 10. The van der Waals surface area contributed by atoms with E-state index >= 15 is 0 Å². The second-order valence-electron chi connectivity index (χ2n) is 11.5. The molecule has 11 nitrogen and oxygen atoms in total. The zero-order valence-corrected chi connectivity index (χ0v) is 27.6. The molecule has 6 bridgehead atoms. The Morgan fingerprint density at radius 3 is 2.55 bits per heavy atom. The smallest absolute Gasteiger partial charge is 0.237 e. The molecule has 1 saturated heterocycles. The molecular formula is C31H42ClN7O4S. The van der Waals surface area contributed by atoms with E-state index in [9.17, 15) is 8.42 Å². The van der Waals surface area contributed by atoms with E-state index in [-0.39, 0.29) is 5.02 Å². The molecule has 3 aliphatic heterocycles. The van der Waals surface area contributed by atoms with E-state index in [1.54, 1.807) is 33.1 Å². The highest BCUT2D eigenvalue weighted by atomic mass is 35.5. The van der Waals surface area contributed by atoms with Gasteiger partial charge < -0.3 is 29.9 Å². The van der Waals surface area contributed by atoms with Crippen LogP contribution in [0.2, 0.25) is 5.02 Å². The van der Waals surface area contributed by atoms with E-state index in [2.05, 4.69) is 49.6 Å². The van der Waals surface area contributed by atoms with E-state index < -0.39 is 15.3 Å². The lowest BCUT2D eigenvalue weighted by molar-refractivity contribution is 0.305. The van der Waals surface area contributed by atoms with Crippen LogP contribution < -0.4 is 29.3 Å². The third-order valence-corrected chi connectivity index (χ3v) is 10.6. The normalized spacial score (nSPS) is 16.4. The highest BCUT2D eigenvalue weighted by molar-refractivity contribution is 7.93. The minimum Gasteiger partial charge on any atom is -0.494 e. The van der Waals surface area contributed by atoms with Crippen molar-refractivity contribution in [2.75, 3.05) is 73.8 Å². The molecule has 1 aromatic heterocycles. The number of piperazine rings is 1. The van der Waals surface area contributed by atoms with E-state index in [4.69, 9.17) is 21.1 Å². The van der Waals surface area contributed by atoms with Crippen molar-refractivity contribution in [1.29, 1.82) is 0 Å². The molecule has 3 aliphatic rings. The predicted octanol–water partition coefficient (Wildman–Crippen LogP) is 5.66. The quantitative estimate of drug-likeness (QED) is 0.361. The number of aryl methyl sites for hydroxylation is 1. The molecule has 3 aromatic rings. The minimum absolute atomic E-state index is 0.281. The van der Waals surface area contributed by atoms with Crippen molar-refractivity contribution in [1.82, 2.24) is 14.9 Å². The number of halogens is 1. The Kier molecular flexibility index (Phi) is 9.91. The van der Waals surface area contributed by atoms with Crippen molar-refractivity contribution in [3.63, 3.8) is 0 Å². The van der Waals surface area contributed by atoms with Crippen LogP contribution in [-0.2, 0) is 16.4 Å². The SMILES string of the molecule is COc1cc(N2CCN(C)CC2)c2cc1Nc1ncc(Cl)c(n1)Nc1ccc(cc1N(C)S(=O)(=O)C(C)C)OCCCCC2. The lowest BCUT2D eigenvalue weighted by atomic mass is 10.0. The summed E-state index contributed by atoms with van der Waals surface area (Å²) >= 11 is 6.55. The lowest BCUT2D eigenvalue weighted by Gasteiger charge is -2.35. The van der Waals surface area contributed by atoms with Gasteiger partial charge in [-0.25, -0.2) is 13.4 Å². The third kappa shape index (κ3) is 7.08. The molecule has 238 valence electrons. The summed E-state index contributed by atoms with van der Waals surface area (Å²) in [6.07, 6.45) is 5.24. The first kappa shape index (κ1) is 31.9. The fourth-order valence-corrected chi connectivity index (χ4v) is 6.59. The van der Waals surface area contributed by atoms with Crippen molar-refractivity contribution >= 4 is 56.1 Å². The molecule has 0 spiro atoms. The van der Waals surface area contributed by atoms with Crippen LogP contribution >= 0.6 is 11.6 Å². The summed E-state index contributed by atoms with van der Waals surface area (Å²) in [4.78, 5) is 13.9. The van der Waals surface area contributed by atoms with E-state index in [1.165, 1.54) is 28.8 Å². The molecular weight excluding hydrogens is 602 g/mol. The Morgan fingerprint density at radius 1 is 1.05 bits per heavy atom. The van der Waals surface area contributed by atoms with Crippen LogP contribution in [0.4, 0.5) is 34.5 Å². The van der Waals surface area contributed by atoms with E-state index in [0.717, 1.165) is 57.5 Å². The van der Waals surface area contributed by atoms with Gasteiger partial charge in [0.15, 0.2) is 5.82 Å². The molecule has 0 unspecified atom stereocenters. The zero-order valence-electron chi connectivity index (χ0n) is 26.1. The van der Waals surface area contributed by atoms with Crippen LogP contribution in [0.3, 0.4) is 0 Å². The number of likely N-dealkylation sites (N-methyl/N-ethyl adjacent to an activating group) is 1. The number of anilines is 6. The molecule has 6 rings (SSSR count). The molecule has 2 aromatic carbocycles. The third-order valence-electron chi connectivity index (χ3n) is 8.13. The second-order valence-corrected chi connectivity index (χ2v) is 14.4. The van der Waals surface area contributed by atoms with Gasteiger partial charge in [0.25, 0.3) is 0 Å². The van der Waals surface area contributed by atoms with Crippen LogP contribution in [0.1, 0.15) is 38.7 Å². The monoisotopic (exact) mass is 643 g/mol. The van der Waals surface area contributed by atoms with Crippen LogP contribution in [0.25, 0.3) is 0 Å². The first-order valence-corrected chi connectivity index (χ1v) is 16.9. The molecule has 1 fully saturated rings. The van der Waals surface area contributed by atoms with Crippen LogP contribution in [-0.4, -0.2) is 82.5 Å². The first-order valence-electron chi connectivity index (χ1n) is 15.0. The average Bonchev–Trinajstić information content (AvgIpc) is 3.00. The topological polar surface area (TPSA) is 112 Å². The standard InChI is InChI=1S/C31H42ClN7O4S/c1-21(2)44(40,41)38(4)28-18-23-10-11-25(28)34-30-24(32)20-33-31(36-30)35-26-17-22(9-7-6-8-16-43-23)27(19-29(26)42-5)39-14-12-37(3)13-15-39/h10-11,17-21H,6-9,12-16H2,1-5H3,(H2,33,34,35,36). The molecule has 4 heterocycles. The zero-order chi connectivity index (χ0) is 31.4. The maximum absolute atomic E-state index is 13.2. The highest BCUT2D eigenvalue weighted by Crippen LogP contribution is 2.38. The highest BCUT2D eigenvalue weighted by Gasteiger charge is 2.26. The number of methoxy groups -OCH3 is 1. The van der Waals surface area contributed by atoms with Gasteiger partial charge >= 0.3 is 0 Å². The molecule has 2 N–H and O–H groups in total. The van der Waals surface area contributed by atoms with Gasteiger partial charge in [-0.05, 0) is 70.3 Å². The summed E-state index contributed by atoms with van der Waals surface area (Å²) < 4.78 is 39.5. The van der Waals surface area contributed by atoms with Gasteiger partial charge in [0.05, 0.1) is 42.2 Å². The number of sulfonamides is 1. The van der Waals surface area contributed by atoms with Crippen molar-refractivity contribution in [2.24, 2.45) is 0 Å². The Morgan fingerprint density at radius 2 is 1.82 bits per heavy atom. The van der Waals surface area contributed by atoms with Gasteiger partial charge in [0.1, 0.15) is 16.5 Å². The Labute approximate surface area is 265 Å². The molecule has 13 heteroatoms. The largest absolute Gasteiger partial charge is 0.494 e. The molecule has 0 radical (unpaired) electrons. The summed E-state index contributed by atoms with van der Waals surface area (Å²) in [5.74, 6) is 1.92. The van der Waals surface area contributed by atoms with Crippen molar-refractivity contribution in [2.45, 2.75) is 44.8 Å². The number of benzene rings is 2. The summed E-state index contributed by atoms with van der Waals surface area (Å²) in [5, 5.41) is 6.24. The first-order chi connectivity index (χ1) is 21.1. The number of fused-ring (bicyclic) bond motifs is 7. The van der Waals surface area contributed by atoms with Crippen molar-refractivity contribution in [3.05, 3.63) is 47.1 Å². The van der Waals surface area contributed by atoms with Gasteiger partial charge in [0, 0.05) is 51.0 Å². The van der Waals surface area contributed by atoms with Gasteiger partial charge in [-0.2, -0.15) is 4.98 Å². The van der Waals surface area contributed by atoms with Gasteiger partial charge in [-0.1, -0.05) is 11.6 Å². The van der Waals surface area contributed by atoms with Gasteiger partial charge in [-0.3, -0.25) is 4.31 Å². The minimum atomic E-state index is -3.63. The van der Waals surface area contributed by atoms with Crippen LogP contribution in [0.5, 0.6) is 11.5 Å². The van der Waals surface area contributed by atoms with Crippen molar-refractivity contribution in [3.8, 4) is 11.5 Å². The molecule has 44 heavy (non-hydrogen) atoms. The van der Waals surface area contributed by atoms with E-state index in [1.807, 2.05) is 6.07 Å². The lowest BCUT2D eigenvalue weighted by Crippen LogP contribution is -2.44.